The summed E-state index contributed by atoms with van der Waals surface area (Å²) in [4.78, 5) is 2.64. The van der Waals surface area contributed by atoms with Gasteiger partial charge in [-0.2, -0.15) is 0 Å². The minimum atomic E-state index is 0. The highest BCUT2D eigenvalue weighted by Crippen LogP contribution is 2.47. The summed E-state index contributed by atoms with van der Waals surface area (Å²) in [6, 6.07) is 6.98. The van der Waals surface area contributed by atoms with Gasteiger partial charge in [0.2, 0.25) is 0 Å². The summed E-state index contributed by atoms with van der Waals surface area (Å²) in [7, 11) is 0. The van der Waals surface area contributed by atoms with E-state index in [1.165, 1.54) is 18.4 Å². The molecule has 6 heteroatoms. The molecule has 22 heavy (non-hydrogen) atoms. The molecule has 2 aliphatic rings. The van der Waals surface area contributed by atoms with Gasteiger partial charge in [0.1, 0.15) is 5.75 Å². The molecule has 126 valence electrons. The molecule has 1 heterocycles. The molecular weight excluding hydrogens is 387 g/mol. The Kier molecular flexibility index (Phi) is 8.50. The second kappa shape index (κ2) is 9.33. The van der Waals surface area contributed by atoms with Gasteiger partial charge in [0, 0.05) is 42.3 Å². The molecule has 0 radical (unpaired) electrons. The fourth-order valence-corrected chi connectivity index (χ4v) is 3.54. The lowest BCUT2D eigenvalue weighted by molar-refractivity contribution is 0.152. The summed E-state index contributed by atoms with van der Waals surface area (Å²) >= 11 is 3.62. The van der Waals surface area contributed by atoms with Gasteiger partial charge in [0.25, 0.3) is 0 Å². The van der Waals surface area contributed by atoms with E-state index in [0.717, 1.165) is 48.9 Å². The molecule has 0 unspecified atom stereocenters. The van der Waals surface area contributed by atoms with Crippen LogP contribution in [0.3, 0.4) is 0 Å². The summed E-state index contributed by atoms with van der Waals surface area (Å²) in [5.41, 5.74) is 1.37. The average Bonchev–Trinajstić information content (AvgIpc) is 3.28. The molecule has 1 atom stereocenters. The minimum absolute atomic E-state index is 0. The molecule has 0 aromatic heterocycles. The van der Waals surface area contributed by atoms with E-state index >= 15 is 0 Å². The van der Waals surface area contributed by atoms with Crippen LogP contribution < -0.4 is 10.1 Å². The van der Waals surface area contributed by atoms with E-state index in [2.05, 4.69) is 51.3 Å². The van der Waals surface area contributed by atoms with Crippen molar-refractivity contribution in [1.29, 1.82) is 0 Å². The van der Waals surface area contributed by atoms with E-state index in [-0.39, 0.29) is 24.8 Å². The Labute approximate surface area is 154 Å². The number of nitrogens with zero attached hydrogens (tertiary/aromatic N) is 1. The van der Waals surface area contributed by atoms with Crippen LogP contribution in [0.25, 0.3) is 0 Å². The highest BCUT2D eigenvalue weighted by Gasteiger charge is 2.38. The third kappa shape index (κ3) is 4.75. The van der Waals surface area contributed by atoms with E-state index in [4.69, 9.17) is 4.74 Å². The van der Waals surface area contributed by atoms with Crippen LogP contribution >= 0.6 is 40.7 Å². The number of hydrogen-bond donors (Lipinski definition) is 1. The molecule has 3 nitrogen and oxygen atoms in total. The van der Waals surface area contributed by atoms with E-state index in [1.807, 2.05) is 0 Å². The highest BCUT2D eigenvalue weighted by molar-refractivity contribution is 9.10. The zero-order chi connectivity index (χ0) is 13.9. The number of nitrogens with one attached hydrogen (secondary N) is 1. The second-order valence-electron chi connectivity index (χ2n) is 5.68. The highest BCUT2D eigenvalue weighted by atomic mass is 79.9. The van der Waals surface area contributed by atoms with Crippen molar-refractivity contribution in [1.82, 2.24) is 10.2 Å². The summed E-state index contributed by atoms with van der Waals surface area (Å²) in [6.45, 7) is 7.26. The van der Waals surface area contributed by atoms with Crippen LogP contribution in [0.4, 0.5) is 0 Å². The van der Waals surface area contributed by atoms with Crippen molar-refractivity contribution in [3.8, 4) is 5.75 Å². The summed E-state index contributed by atoms with van der Waals surface area (Å²) in [5.74, 6) is 1.87. The fourth-order valence-electron chi connectivity index (χ4n) is 3.16. The fraction of sp³-hybridized carbons (Fsp3) is 0.625. The molecule has 1 saturated carbocycles. The normalized spacial score (nSPS) is 19.7. The lowest BCUT2D eigenvalue weighted by Gasteiger charge is -2.36. The first-order chi connectivity index (χ1) is 9.79. The van der Waals surface area contributed by atoms with Gasteiger partial charge >= 0.3 is 0 Å². The SMILES string of the molecule is CCOc1ccc(Br)cc1[C@@H](C1CC1)N1CCNCC1.Cl.Cl. The van der Waals surface area contributed by atoms with Gasteiger partial charge in [0.15, 0.2) is 0 Å². The maximum Gasteiger partial charge on any atom is 0.124 e. The Balaban J connectivity index is 0.00000121. The summed E-state index contributed by atoms with van der Waals surface area (Å²) < 4.78 is 7.03. The van der Waals surface area contributed by atoms with E-state index in [1.54, 1.807) is 0 Å². The number of rotatable bonds is 5. The maximum atomic E-state index is 5.88. The Morgan fingerprint density at radius 3 is 2.55 bits per heavy atom. The van der Waals surface area contributed by atoms with Gasteiger partial charge in [0.05, 0.1) is 6.61 Å². The smallest absolute Gasteiger partial charge is 0.124 e. The minimum Gasteiger partial charge on any atom is -0.494 e. The number of piperazine rings is 1. The first kappa shape index (κ1) is 20.0. The molecule has 1 aromatic carbocycles. The lowest BCUT2D eigenvalue weighted by Crippen LogP contribution is -2.45. The van der Waals surface area contributed by atoms with Crippen LogP contribution in [-0.4, -0.2) is 37.7 Å². The average molecular weight is 412 g/mol. The van der Waals surface area contributed by atoms with Crippen molar-refractivity contribution >= 4 is 40.7 Å². The maximum absolute atomic E-state index is 5.88. The molecule has 1 aliphatic carbocycles. The van der Waals surface area contributed by atoms with Gasteiger partial charge in [-0.05, 0) is 43.9 Å². The Bertz CT molecular complexity index is 465. The zero-order valence-corrected chi connectivity index (χ0v) is 16.1. The van der Waals surface area contributed by atoms with E-state index < -0.39 is 0 Å². The largest absolute Gasteiger partial charge is 0.494 e. The molecule has 0 amide bonds. The Morgan fingerprint density at radius 1 is 1.27 bits per heavy atom. The standard InChI is InChI=1S/C16H23BrN2O.2ClH/c1-2-20-15-6-5-13(17)11-14(15)16(12-3-4-12)19-9-7-18-8-10-19;;/h5-6,11-12,16,18H,2-4,7-10H2,1H3;2*1H/t16-;;/m1../s1. The predicted molar refractivity (Wildman–Crippen MR) is 99.7 cm³/mol. The first-order valence-corrected chi connectivity index (χ1v) is 8.46. The quantitative estimate of drug-likeness (QED) is 0.790. The van der Waals surface area contributed by atoms with Crippen LogP contribution in [0.15, 0.2) is 22.7 Å². The predicted octanol–water partition coefficient (Wildman–Crippen LogP) is 4.05. The summed E-state index contributed by atoms with van der Waals surface area (Å²) in [6.07, 6.45) is 2.71. The van der Waals surface area contributed by atoms with Crippen molar-refractivity contribution in [3.05, 3.63) is 28.2 Å². The van der Waals surface area contributed by atoms with Gasteiger partial charge in [-0.15, -0.1) is 24.8 Å². The molecule has 0 bridgehead atoms. The molecule has 1 aliphatic heterocycles. The number of halogens is 3. The van der Waals surface area contributed by atoms with E-state index in [0.29, 0.717) is 6.04 Å². The third-order valence-corrected chi connectivity index (χ3v) is 4.70. The van der Waals surface area contributed by atoms with Gasteiger partial charge in [-0.1, -0.05) is 15.9 Å². The van der Waals surface area contributed by atoms with Crippen LogP contribution in [-0.2, 0) is 0 Å². The molecular formula is C16H25BrCl2N2O. The second-order valence-corrected chi connectivity index (χ2v) is 6.60. The third-order valence-electron chi connectivity index (χ3n) is 4.20. The molecule has 0 spiro atoms. The summed E-state index contributed by atoms with van der Waals surface area (Å²) in [5, 5.41) is 3.45. The van der Waals surface area contributed by atoms with Crippen LogP contribution in [0.5, 0.6) is 5.75 Å². The number of ether oxygens (including phenoxy) is 1. The molecule has 2 fully saturated rings. The lowest BCUT2D eigenvalue weighted by atomic mass is 9.98. The van der Waals surface area contributed by atoms with Crippen LogP contribution in [0.1, 0.15) is 31.4 Å². The van der Waals surface area contributed by atoms with E-state index in [9.17, 15) is 0 Å². The first-order valence-electron chi connectivity index (χ1n) is 7.66. The molecule has 1 saturated heterocycles. The van der Waals surface area contributed by atoms with Gasteiger partial charge < -0.3 is 10.1 Å². The van der Waals surface area contributed by atoms with Gasteiger partial charge in [-0.3, -0.25) is 4.90 Å². The Hall–Kier alpha value is -0.000000000000000222. The number of benzene rings is 1. The number of hydrogen-bond acceptors (Lipinski definition) is 3. The monoisotopic (exact) mass is 410 g/mol. The zero-order valence-electron chi connectivity index (χ0n) is 12.9. The van der Waals surface area contributed by atoms with Crippen molar-refractivity contribution in [2.45, 2.75) is 25.8 Å². The van der Waals surface area contributed by atoms with Crippen molar-refractivity contribution in [2.75, 3.05) is 32.8 Å². The van der Waals surface area contributed by atoms with Crippen molar-refractivity contribution in [2.24, 2.45) is 5.92 Å². The van der Waals surface area contributed by atoms with Crippen molar-refractivity contribution < 1.29 is 4.74 Å². The molecule has 1 N–H and O–H groups in total. The van der Waals surface area contributed by atoms with Crippen LogP contribution in [0.2, 0.25) is 0 Å². The van der Waals surface area contributed by atoms with Crippen molar-refractivity contribution in [3.63, 3.8) is 0 Å². The van der Waals surface area contributed by atoms with Gasteiger partial charge in [-0.25, -0.2) is 0 Å². The topological polar surface area (TPSA) is 24.5 Å². The molecule has 1 aromatic rings. The van der Waals surface area contributed by atoms with Crippen LogP contribution in [0, 0.1) is 5.92 Å². The Morgan fingerprint density at radius 2 is 1.95 bits per heavy atom. The molecule has 3 rings (SSSR count).